The molecule has 0 saturated carbocycles. The van der Waals surface area contributed by atoms with Crippen molar-refractivity contribution in [3.05, 3.63) is 24.3 Å². The molecule has 0 atom stereocenters. The number of anilines is 1. The van der Waals surface area contributed by atoms with Crippen molar-refractivity contribution in [1.82, 2.24) is 4.72 Å². The van der Waals surface area contributed by atoms with Gasteiger partial charge in [-0.15, -0.1) is 0 Å². The Bertz CT molecular complexity index is 527. The summed E-state index contributed by atoms with van der Waals surface area (Å²) >= 11 is 4.71. The van der Waals surface area contributed by atoms with Crippen LogP contribution in [0.2, 0.25) is 0 Å². The fraction of sp³-hybridized carbons (Fsp3) is 0.462. The first-order chi connectivity index (χ1) is 9.45. The summed E-state index contributed by atoms with van der Waals surface area (Å²) in [6.07, 6.45) is 4.15. The first-order valence-electron chi connectivity index (χ1n) is 6.62. The maximum Gasteiger partial charge on any atom is 0.240 e. The van der Waals surface area contributed by atoms with Crippen LogP contribution in [0.1, 0.15) is 32.6 Å². The Morgan fingerprint density at radius 3 is 2.40 bits per heavy atom. The molecule has 0 radical (unpaired) electrons. The highest BCUT2D eigenvalue weighted by Gasteiger charge is 2.12. The second-order valence-electron chi connectivity index (χ2n) is 4.47. The zero-order valence-electron chi connectivity index (χ0n) is 11.6. The van der Waals surface area contributed by atoms with E-state index in [1.807, 2.05) is 0 Å². The molecular formula is C13H21N3O2S2. The van der Waals surface area contributed by atoms with Crippen LogP contribution in [-0.2, 0) is 10.0 Å². The fourth-order valence-electron chi connectivity index (χ4n) is 1.70. The van der Waals surface area contributed by atoms with Gasteiger partial charge in [0.2, 0.25) is 10.0 Å². The van der Waals surface area contributed by atoms with Crippen LogP contribution in [0.25, 0.3) is 0 Å². The van der Waals surface area contributed by atoms with E-state index in [0.29, 0.717) is 12.2 Å². The van der Waals surface area contributed by atoms with Crippen LogP contribution >= 0.6 is 12.2 Å². The van der Waals surface area contributed by atoms with Gasteiger partial charge < -0.3 is 11.1 Å². The molecule has 1 rings (SSSR count). The normalized spacial score (nSPS) is 11.2. The van der Waals surface area contributed by atoms with Gasteiger partial charge in [0.05, 0.1) is 4.90 Å². The highest BCUT2D eigenvalue weighted by atomic mass is 32.2. The lowest BCUT2D eigenvalue weighted by Gasteiger charge is -2.08. The lowest BCUT2D eigenvalue weighted by Crippen LogP contribution is -2.25. The van der Waals surface area contributed by atoms with Crippen molar-refractivity contribution in [3.8, 4) is 0 Å². The molecule has 0 aliphatic carbocycles. The molecule has 20 heavy (non-hydrogen) atoms. The van der Waals surface area contributed by atoms with E-state index in [0.717, 1.165) is 25.7 Å². The maximum atomic E-state index is 12.0. The van der Waals surface area contributed by atoms with Gasteiger partial charge >= 0.3 is 0 Å². The smallest absolute Gasteiger partial charge is 0.240 e. The van der Waals surface area contributed by atoms with Gasteiger partial charge in [-0.25, -0.2) is 13.1 Å². The van der Waals surface area contributed by atoms with Gasteiger partial charge in [0.15, 0.2) is 5.11 Å². The lowest BCUT2D eigenvalue weighted by molar-refractivity contribution is 0.573. The number of nitrogens with one attached hydrogen (secondary N) is 2. The summed E-state index contributed by atoms with van der Waals surface area (Å²) in [7, 11) is -3.43. The Hall–Kier alpha value is -1.18. The van der Waals surface area contributed by atoms with E-state index in [-0.39, 0.29) is 10.0 Å². The lowest BCUT2D eigenvalue weighted by atomic mass is 10.2. The van der Waals surface area contributed by atoms with Crippen molar-refractivity contribution in [3.63, 3.8) is 0 Å². The molecule has 0 heterocycles. The van der Waals surface area contributed by atoms with Crippen molar-refractivity contribution in [1.29, 1.82) is 0 Å². The number of benzene rings is 1. The average Bonchev–Trinajstić information content (AvgIpc) is 2.38. The second kappa shape index (κ2) is 8.18. The minimum Gasteiger partial charge on any atom is -0.376 e. The molecule has 0 unspecified atom stereocenters. The van der Waals surface area contributed by atoms with Crippen molar-refractivity contribution < 1.29 is 8.42 Å². The van der Waals surface area contributed by atoms with Crippen molar-refractivity contribution in [2.75, 3.05) is 11.9 Å². The Morgan fingerprint density at radius 2 is 1.85 bits per heavy atom. The molecule has 1 aromatic rings. The van der Waals surface area contributed by atoms with Crippen LogP contribution < -0.4 is 15.8 Å². The van der Waals surface area contributed by atoms with E-state index in [1.54, 1.807) is 12.1 Å². The van der Waals surface area contributed by atoms with Gasteiger partial charge in [-0.3, -0.25) is 0 Å². The Labute approximate surface area is 126 Å². The van der Waals surface area contributed by atoms with E-state index in [1.165, 1.54) is 12.1 Å². The van der Waals surface area contributed by atoms with Crippen molar-refractivity contribution in [2.24, 2.45) is 5.73 Å². The minimum atomic E-state index is -3.43. The molecule has 0 spiro atoms. The molecule has 0 amide bonds. The van der Waals surface area contributed by atoms with Crippen LogP contribution in [-0.4, -0.2) is 20.1 Å². The predicted molar refractivity (Wildman–Crippen MR) is 86.2 cm³/mol. The third-order valence-corrected chi connectivity index (χ3v) is 4.33. The van der Waals surface area contributed by atoms with Crippen molar-refractivity contribution >= 4 is 33.0 Å². The van der Waals surface area contributed by atoms with E-state index >= 15 is 0 Å². The summed E-state index contributed by atoms with van der Waals surface area (Å²) in [6, 6.07) is 6.31. The second-order valence-corrected chi connectivity index (χ2v) is 6.68. The predicted octanol–water partition coefficient (Wildman–Crippen LogP) is 2.20. The van der Waals surface area contributed by atoms with E-state index in [2.05, 4.69) is 17.0 Å². The highest BCUT2D eigenvalue weighted by Crippen LogP contribution is 2.13. The monoisotopic (exact) mass is 315 g/mol. The number of hydrogen-bond donors (Lipinski definition) is 3. The highest BCUT2D eigenvalue weighted by molar-refractivity contribution is 7.89. The summed E-state index contributed by atoms with van der Waals surface area (Å²) in [5.41, 5.74) is 6.01. The van der Waals surface area contributed by atoms with Crippen LogP contribution in [0.5, 0.6) is 0 Å². The quantitative estimate of drug-likeness (QED) is 0.506. The molecule has 0 aromatic heterocycles. The third kappa shape index (κ3) is 5.85. The average molecular weight is 315 g/mol. The van der Waals surface area contributed by atoms with Crippen LogP contribution in [0.3, 0.4) is 0 Å². The van der Waals surface area contributed by atoms with Crippen molar-refractivity contribution in [2.45, 2.75) is 37.5 Å². The Balaban J connectivity index is 2.56. The largest absolute Gasteiger partial charge is 0.376 e. The number of unbranched alkanes of at least 4 members (excludes halogenated alkanes) is 3. The molecule has 1 aromatic carbocycles. The Kier molecular flexibility index (Phi) is 6.90. The zero-order chi connectivity index (χ0) is 15.0. The number of nitrogens with two attached hydrogens (primary N) is 1. The number of sulfonamides is 1. The van der Waals surface area contributed by atoms with E-state index in [9.17, 15) is 8.42 Å². The SMILES string of the molecule is CCCCCCNS(=O)(=O)c1ccc(NC(N)=S)cc1. The van der Waals surface area contributed by atoms with Gasteiger partial charge in [0.1, 0.15) is 0 Å². The van der Waals surface area contributed by atoms with E-state index < -0.39 is 10.0 Å². The first kappa shape index (κ1) is 16.9. The standard InChI is InChI=1S/C13H21N3O2S2/c1-2-3-4-5-10-15-20(17,18)12-8-6-11(7-9-12)16-13(14)19/h6-9,15H,2-5,10H2,1H3,(H3,14,16,19). The summed E-state index contributed by atoms with van der Waals surface area (Å²) in [5.74, 6) is 0. The topological polar surface area (TPSA) is 84.2 Å². The van der Waals surface area contributed by atoms with Gasteiger partial charge in [-0.05, 0) is 42.9 Å². The summed E-state index contributed by atoms with van der Waals surface area (Å²) in [5, 5.41) is 2.89. The minimum absolute atomic E-state index is 0.148. The first-order valence-corrected chi connectivity index (χ1v) is 8.51. The molecule has 0 bridgehead atoms. The molecule has 0 saturated heterocycles. The van der Waals surface area contributed by atoms with Gasteiger partial charge in [0.25, 0.3) is 0 Å². The molecule has 112 valence electrons. The van der Waals surface area contributed by atoms with Gasteiger partial charge in [0, 0.05) is 12.2 Å². The van der Waals surface area contributed by atoms with E-state index in [4.69, 9.17) is 18.0 Å². The molecule has 4 N–H and O–H groups in total. The number of thiocarbonyl (C=S) groups is 1. The summed E-state index contributed by atoms with van der Waals surface area (Å²) in [6.45, 7) is 2.59. The summed E-state index contributed by atoms with van der Waals surface area (Å²) in [4.78, 5) is 0.237. The van der Waals surface area contributed by atoms with Crippen LogP contribution in [0.15, 0.2) is 29.2 Å². The number of rotatable bonds is 8. The number of hydrogen-bond acceptors (Lipinski definition) is 3. The Morgan fingerprint density at radius 1 is 1.20 bits per heavy atom. The van der Waals surface area contributed by atoms with Gasteiger partial charge in [-0.1, -0.05) is 26.2 Å². The third-order valence-electron chi connectivity index (χ3n) is 2.75. The van der Waals surface area contributed by atoms with Crippen LogP contribution in [0, 0.1) is 0 Å². The molecule has 0 aliphatic heterocycles. The fourth-order valence-corrected chi connectivity index (χ4v) is 2.89. The molecule has 7 heteroatoms. The molecular weight excluding hydrogens is 294 g/mol. The molecule has 5 nitrogen and oxygen atoms in total. The van der Waals surface area contributed by atoms with Gasteiger partial charge in [-0.2, -0.15) is 0 Å². The zero-order valence-corrected chi connectivity index (χ0v) is 13.2. The summed E-state index contributed by atoms with van der Waals surface area (Å²) < 4.78 is 26.6. The van der Waals surface area contributed by atoms with Crippen LogP contribution in [0.4, 0.5) is 5.69 Å². The molecule has 0 fully saturated rings. The maximum absolute atomic E-state index is 12.0. The molecule has 0 aliphatic rings.